The Bertz CT molecular complexity index is 399. The summed E-state index contributed by atoms with van der Waals surface area (Å²) >= 11 is 2.24. The summed E-state index contributed by atoms with van der Waals surface area (Å²) in [7, 11) is 0. The molecule has 1 aliphatic rings. The van der Waals surface area contributed by atoms with Gasteiger partial charge in [-0.2, -0.15) is 0 Å². The molecule has 0 atom stereocenters. The molecule has 1 amide bonds. The highest BCUT2D eigenvalue weighted by molar-refractivity contribution is 14.1. The van der Waals surface area contributed by atoms with Gasteiger partial charge in [0.25, 0.3) is 5.91 Å². The molecular formula is C14H18INO. The fourth-order valence-corrected chi connectivity index (χ4v) is 3.19. The number of carbonyl (C=O) groups is 1. The van der Waals surface area contributed by atoms with Crippen LogP contribution in [-0.4, -0.2) is 23.4 Å². The van der Waals surface area contributed by atoms with E-state index in [0.717, 1.165) is 15.7 Å². The van der Waals surface area contributed by atoms with Crippen molar-refractivity contribution >= 4 is 28.5 Å². The minimum atomic E-state index is 0.199. The van der Waals surface area contributed by atoms with Gasteiger partial charge in [0.1, 0.15) is 0 Å². The second kappa shape index (κ2) is 5.85. The topological polar surface area (TPSA) is 20.3 Å². The average molecular weight is 343 g/mol. The molecule has 1 aromatic carbocycles. The third kappa shape index (κ3) is 2.81. The minimum Gasteiger partial charge on any atom is -0.336 e. The molecule has 1 saturated carbocycles. The lowest BCUT2D eigenvalue weighted by Gasteiger charge is -2.28. The largest absolute Gasteiger partial charge is 0.336 e. The van der Waals surface area contributed by atoms with Crippen LogP contribution in [0.1, 0.15) is 43.0 Å². The van der Waals surface area contributed by atoms with Crippen LogP contribution < -0.4 is 0 Å². The SMILES string of the molecule is CCN(C(=O)c1ccccc1I)C1CCCC1. The predicted molar refractivity (Wildman–Crippen MR) is 78.1 cm³/mol. The Morgan fingerprint density at radius 2 is 2.00 bits per heavy atom. The summed E-state index contributed by atoms with van der Waals surface area (Å²) in [5.41, 5.74) is 0.849. The highest BCUT2D eigenvalue weighted by Crippen LogP contribution is 2.25. The first kappa shape index (κ1) is 12.9. The third-order valence-electron chi connectivity index (χ3n) is 3.47. The van der Waals surface area contributed by atoms with Crippen molar-refractivity contribution in [1.29, 1.82) is 0 Å². The highest BCUT2D eigenvalue weighted by Gasteiger charge is 2.26. The lowest BCUT2D eigenvalue weighted by Crippen LogP contribution is -2.38. The quantitative estimate of drug-likeness (QED) is 0.767. The summed E-state index contributed by atoms with van der Waals surface area (Å²) in [5.74, 6) is 0.199. The van der Waals surface area contributed by atoms with E-state index in [9.17, 15) is 4.79 Å². The van der Waals surface area contributed by atoms with E-state index in [0.29, 0.717) is 6.04 Å². The highest BCUT2D eigenvalue weighted by atomic mass is 127. The maximum absolute atomic E-state index is 12.5. The van der Waals surface area contributed by atoms with Crippen LogP contribution in [0.4, 0.5) is 0 Å². The first-order valence-electron chi connectivity index (χ1n) is 6.29. The van der Waals surface area contributed by atoms with Crippen molar-refractivity contribution in [1.82, 2.24) is 4.90 Å². The van der Waals surface area contributed by atoms with Crippen molar-refractivity contribution < 1.29 is 4.79 Å². The summed E-state index contributed by atoms with van der Waals surface area (Å²) in [6.45, 7) is 2.89. The molecule has 1 fully saturated rings. The van der Waals surface area contributed by atoms with E-state index in [-0.39, 0.29) is 5.91 Å². The summed E-state index contributed by atoms with van der Waals surface area (Å²) < 4.78 is 1.05. The van der Waals surface area contributed by atoms with Crippen LogP contribution in [0.2, 0.25) is 0 Å². The molecule has 2 nitrogen and oxygen atoms in total. The van der Waals surface area contributed by atoms with Gasteiger partial charge in [0, 0.05) is 16.2 Å². The summed E-state index contributed by atoms with van der Waals surface area (Å²) in [4.78, 5) is 14.6. The molecule has 92 valence electrons. The van der Waals surface area contributed by atoms with Crippen molar-refractivity contribution in [3.05, 3.63) is 33.4 Å². The van der Waals surface area contributed by atoms with E-state index < -0.39 is 0 Å². The average Bonchev–Trinajstić information content (AvgIpc) is 2.84. The Hall–Kier alpha value is -0.580. The van der Waals surface area contributed by atoms with E-state index in [2.05, 4.69) is 29.5 Å². The standard InChI is InChI=1S/C14H18INO/c1-2-16(11-7-3-4-8-11)14(17)12-9-5-6-10-13(12)15/h5-6,9-11H,2-4,7-8H2,1H3. The van der Waals surface area contributed by atoms with Gasteiger partial charge >= 0.3 is 0 Å². The summed E-state index contributed by atoms with van der Waals surface area (Å²) in [6, 6.07) is 8.31. The maximum Gasteiger partial charge on any atom is 0.255 e. The number of carbonyl (C=O) groups excluding carboxylic acids is 1. The van der Waals surface area contributed by atoms with Gasteiger partial charge in [0.15, 0.2) is 0 Å². The van der Waals surface area contributed by atoms with Crippen molar-refractivity contribution in [2.75, 3.05) is 6.54 Å². The molecule has 0 heterocycles. The lowest BCUT2D eigenvalue weighted by molar-refractivity contribution is 0.0692. The van der Waals surface area contributed by atoms with E-state index in [1.807, 2.05) is 29.2 Å². The van der Waals surface area contributed by atoms with Crippen LogP contribution in [-0.2, 0) is 0 Å². The zero-order valence-corrected chi connectivity index (χ0v) is 12.3. The van der Waals surface area contributed by atoms with Crippen LogP contribution in [0, 0.1) is 3.57 Å². The molecule has 0 unspecified atom stereocenters. The number of rotatable bonds is 3. The lowest BCUT2D eigenvalue weighted by atomic mass is 10.1. The van der Waals surface area contributed by atoms with Gasteiger partial charge in [-0.3, -0.25) is 4.79 Å². The molecule has 0 radical (unpaired) electrons. The molecule has 0 N–H and O–H groups in total. The summed E-state index contributed by atoms with van der Waals surface area (Å²) in [6.07, 6.45) is 4.87. The molecule has 0 spiro atoms. The van der Waals surface area contributed by atoms with Crippen molar-refractivity contribution in [2.24, 2.45) is 0 Å². The second-order valence-electron chi connectivity index (χ2n) is 4.51. The van der Waals surface area contributed by atoms with Gasteiger partial charge in [-0.15, -0.1) is 0 Å². The first-order valence-corrected chi connectivity index (χ1v) is 7.37. The van der Waals surface area contributed by atoms with E-state index in [4.69, 9.17) is 0 Å². The first-order chi connectivity index (χ1) is 8.24. The van der Waals surface area contributed by atoms with Gasteiger partial charge in [-0.1, -0.05) is 25.0 Å². The number of hydrogen-bond acceptors (Lipinski definition) is 1. The molecule has 0 aliphatic heterocycles. The Kier molecular flexibility index (Phi) is 4.42. The smallest absolute Gasteiger partial charge is 0.255 e. The van der Waals surface area contributed by atoms with E-state index in [1.54, 1.807) is 0 Å². The molecule has 17 heavy (non-hydrogen) atoms. The van der Waals surface area contributed by atoms with Crippen LogP contribution >= 0.6 is 22.6 Å². The second-order valence-corrected chi connectivity index (χ2v) is 5.67. The molecule has 1 aliphatic carbocycles. The summed E-state index contributed by atoms with van der Waals surface area (Å²) in [5, 5.41) is 0. The number of benzene rings is 1. The zero-order valence-electron chi connectivity index (χ0n) is 10.2. The van der Waals surface area contributed by atoms with E-state index in [1.165, 1.54) is 25.7 Å². The van der Waals surface area contributed by atoms with Crippen LogP contribution in [0.5, 0.6) is 0 Å². The van der Waals surface area contributed by atoms with E-state index >= 15 is 0 Å². The number of hydrogen-bond donors (Lipinski definition) is 0. The Morgan fingerprint density at radius 3 is 2.59 bits per heavy atom. The fourth-order valence-electron chi connectivity index (χ4n) is 2.57. The predicted octanol–water partition coefficient (Wildman–Crippen LogP) is 3.70. The molecule has 0 bridgehead atoms. The molecule has 0 saturated heterocycles. The number of nitrogens with zero attached hydrogens (tertiary/aromatic N) is 1. The van der Waals surface area contributed by atoms with Gasteiger partial charge in [0.05, 0.1) is 5.56 Å². The van der Waals surface area contributed by atoms with Gasteiger partial charge in [-0.25, -0.2) is 0 Å². The normalized spacial score (nSPS) is 16.1. The van der Waals surface area contributed by atoms with Crippen molar-refractivity contribution in [2.45, 2.75) is 38.6 Å². The molecular weight excluding hydrogens is 325 g/mol. The Morgan fingerprint density at radius 1 is 1.35 bits per heavy atom. The third-order valence-corrected chi connectivity index (χ3v) is 4.41. The zero-order chi connectivity index (χ0) is 12.3. The molecule has 3 heteroatoms. The van der Waals surface area contributed by atoms with Crippen LogP contribution in [0.3, 0.4) is 0 Å². The monoisotopic (exact) mass is 343 g/mol. The van der Waals surface area contributed by atoms with Gasteiger partial charge in [-0.05, 0) is 54.5 Å². The fraction of sp³-hybridized carbons (Fsp3) is 0.500. The molecule has 2 rings (SSSR count). The van der Waals surface area contributed by atoms with Gasteiger partial charge < -0.3 is 4.90 Å². The van der Waals surface area contributed by atoms with Crippen LogP contribution in [0.15, 0.2) is 24.3 Å². The minimum absolute atomic E-state index is 0.199. The molecule has 0 aromatic heterocycles. The Labute approximate surface area is 117 Å². The molecule has 1 aromatic rings. The van der Waals surface area contributed by atoms with Crippen LogP contribution in [0.25, 0.3) is 0 Å². The van der Waals surface area contributed by atoms with Crippen molar-refractivity contribution in [3.8, 4) is 0 Å². The number of amides is 1. The number of halogens is 1. The maximum atomic E-state index is 12.5. The van der Waals surface area contributed by atoms with Gasteiger partial charge in [0.2, 0.25) is 0 Å². The van der Waals surface area contributed by atoms with Crippen molar-refractivity contribution in [3.63, 3.8) is 0 Å². The Balaban J connectivity index is 2.20.